The number of esters is 1. The van der Waals surface area contributed by atoms with Crippen LogP contribution in [-0.4, -0.2) is 45.9 Å². The Hall–Kier alpha value is -2.37. The summed E-state index contributed by atoms with van der Waals surface area (Å²) in [5.41, 5.74) is 2.10. The van der Waals surface area contributed by atoms with Gasteiger partial charge in [-0.25, -0.2) is 9.78 Å². The molecule has 0 aliphatic carbocycles. The van der Waals surface area contributed by atoms with Crippen LogP contribution in [0.3, 0.4) is 0 Å². The van der Waals surface area contributed by atoms with Gasteiger partial charge in [-0.05, 0) is 31.5 Å². The van der Waals surface area contributed by atoms with Crippen LogP contribution >= 0.6 is 0 Å². The first-order chi connectivity index (χ1) is 10.2. The number of aromatic amines is 1. The minimum atomic E-state index is -0.373. The van der Waals surface area contributed by atoms with E-state index in [-0.39, 0.29) is 24.5 Å². The highest BCUT2D eigenvalue weighted by Crippen LogP contribution is 2.19. The van der Waals surface area contributed by atoms with Gasteiger partial charge in [0.1, 0.15) is 6.61 Å². The van der Waals surface area contributed by atoms with Gasteiger partial charge in [-0.1, -0.05) is 0 Å². The van der Waals surface area contributed by atoms with Gasteiger partial charge < -0.3 is 14.6 Å². The number of benzene rings is 1. The summed E-state index contributed by atoms with van der Waals surface area (Å²) in [7, 11) is 0. The molecule has 1 aromatic heterocycles. The van der Waals surface area contributed by atoms with Crippen LogP contribution in [0, 0.1) is 0 Å². The van der Waals surface area contributed by atoms with Gasteiger partial charge in [-0.15, -0.1) is 0 Å². The van der Waals surface area contributed by atoms with E-state index >= 15 is 0 Å². The lowest BCUT2D eigenvalue weighted by atomic mass is 10.2. The van der Waals surface area contributed by atoms with Crippen molar-refractivity contribution in [1.82, 2.24) is 14.9 Å². The van der Waals surface area contributed by atoms with Gasteiger partial charge in [0.05, 0.1) is 29.0 Å². The third-order valence-electron chi connectivity index (χ3n) is 3.86. The number of hydrogen-bond donors (Lipinski definition) is 1. The van der Waals surface area contributed by atoms with E-state index in [4.69, 9.17) is 4.74 Å². The molecule has 0 radical (unpaired) electrons. The van der Waals surface area contributed by atoms with Crippen LogP contribution in [0.1, 0.15) is 30.1 Å². The van der Waals surface area contributed by atoms with Crippen LogP contribution in [-0.2, 0) is 9.53 Å². The molecule has 6 heteroatoms. The second-order valence-corrected chi connectivity index (χ2v) is 5.11. The number of nitrogens with zero attached hydrogens (tertiary/aromatic N) is 2. The largest absolute Gasteiger partial charge is 0.460 e. The Kier molecular flexibility index (Phi) is 3.60. The first-order valence-electron chi connectivity index (χ1n) is 7.08. The molecular formula is C15H17N3O3. The smallest absolute Gasteiger partial charge is 0.338 e. The van der Waals surface area contributed by atoms with Crippen molar-refractivity contribution in [1.29, 1.82) is 0 Å². The molecule has 1 aromatic carbocycles. The zero-order valence-electron chi connectivity index (χ0n) is 11.8. The van der Waals surface area contributed by atoms with Crippen molar-refractivity contribution >= 4 is 22.9 Å². The van der Waals surface area contributed by atoms with Crippen LogP contribution in [0.25, 0.3) is 11.0 Å². The Balaban J connectivity index is 1.65. The molecule has 2 aromatic rings. The SMILES string of the molecule is CCN1C(=O)CCC1COC(=O)c1ccc2nc[nH]c2c1. The lowest BCUT2D eigenvalue weighted by molar-refractivity contribution is -0.129. The second kappa shape index (κ2) is 5.55. The fourth-order valence-electron chi connectivity index (χ4n) is 2.72. The molecule has 0 spiro atoms. The molecule has 6 nitrogen and oxygen atoms in total. The van der Waals surface area contributed by atoms with E-state index in [1.807, 2.05) is 6.92 Å². The van der Waals surface area contributed by atoms with Crippen molar-refractivity contribution in [2.75, 3.05) is 13.2 Å². The van der Waals surface area contributed by atoms with Crippen molar-refractivity contribution in [2.45, 2.75) is 25.8 Å². The standard InChI is InChI=1S/C15H17N3O3/c1-2-18-11(4-6-14(18)19)8-21-15(20)10-3-5-12-13(7-10)17-9-16-12/h3,5,7,9,11H,2,4,6,8H2,1H3,(H,16,17). The Morgan fingerprint density at radius 1 is 1.52 bits per heavy atom. The number of rotatable bonds is 4. The van der Waals surface area contributed by atoms with Crippen LogP contribution in [0.5, 0.6) is 0 Å². The molecule has 3 rings (SSSR count). The van der Waals surface area contributed by atoms with E-state index < -0.39 is 0 Å². The molecule has 0 bridgehead atoms. The van der Waals surface area contributed by atoms with E-state index in [1.165, 1.54) is 0 Å². The number of carbonyl (C=O) groups is 2. The van der Waals surface area contributed by atoms with E-state index in [2.05, 4.69) is 9.97 Å². The number of likely N-dealkylation sites (tertiary alicyclic amines) is 1. The lowest BCUT2D eigenvalue weighted by Crippen LogP contribution is -2.36. The zero-order chi connectivity index (χ0) is 14.8. The maximum absolute atomic E-state index is 12.1. The molecule has 110 valence electrons. The van der Waals surface area contributed by atoms with Crippen molar-refractivity contribution in [3.05, 3.63) is 30.1 Å². The normalized spacial score (nSPS) is 18.4. The Labute approximate surface area is 122 Å². The average Bonchev–Trinajstić information content (AvgIpc) is 3.09. The fourth-order valence-corrected chi connectivity index (χ4v) is 2.72. The highest BCUT2D eigenvalue weighted by molar-refractivity contribution is 5.93. The molecule has 1 amide bonds. The Morgan fingerprint density at radius 2 is 2.38 bits per heavy atom. The molecule has 2 heterocycles. The van der Waals surface area contributed by atoms with Gasteiger partial charge in [0, 0.05) is 13.0 Å². The average molecular weight is 287 g/mol. The summed E-state index contributed by atoms with van der Waals surface area (Å²) >= 11 is 0. The second-order valence-electron chi connectivity index (χ2n) is 5.11. The van der Waals surface area contributed by atoms with Crippen LogP contribution in [0.4, 0.5) is 0 Å². The van der Waals surface area contributed by atoms with Gasteiger partial charge >= 0.3 is 5.97 Å². The monoisotopic (exact) mass is 287 g/mol. The molecule has 1 aliphatic heterocycles. The number of imidazole rings is 1. The van der Waals surface area contributed by atoms with Crippen molar-refractivity contribution in [3.8, 4) is 0 Å². The van der Waals surface area contributed by atoms with Gasteiger partial charge in [0.15, 0.2) is 0 Å². The number of fused-ring (bicyclic) bond motifs is 1. The van der Waals surface area contributed by atoms with E-state index in [9.17, 15) is 9.59 Å². The number of carbonyl (C=O) groups excluding carboxylic acids is 2. The van der Waals surface area contributed by atoms with Crippen LogP contribution in [0.15, 0.2) is 24.5 Å². The molecular weight excluding hydrogens is 270 g/mol. The predicted octanol–water partition coefficient (Wildman–Crippen LogP) is 1.73. The predicted molar refractivity (Wildman–Crippen MR) is 76.8 cm³/mol. The van der Waals surface area contributed by atoms with E-state index in [1.54, 1.807) is 29.4 Å². The Bertz CT molecular complexity index is 680. The van der Waals surface area contributed by atoms with Gasteiger partial charge in [-0.3, -0.25) is 4.79 Å². The number of nitrogens with one attached hydrogen (secondary N) is 1. The summed E-state index contributed by atoms with van der Waals surface area (Å²) in [4.78, 5) is 32.5. The van der Waals surface area contributed by atoms with Crippen molar-refractivity contribution in [2.24, 2.45) is 0 Å². The van der Waals surface area contributed by atoms with Gasteiger partial charge in [0.2, 0.25) is 5.91 Å². The van der Waals surface area contributed by atoms with Crippen LogP contribution < -0.4 is 0 Å². The molecule has 1 atom stereocenters. The number of hydrogen-bond acceptors (Lipinski definition) is 4. The van der Waals surface area contributed by atoms with Crippen molar-refractivity contribution < 1.29 is 14.3 Å². The number of amides is 1. The number of aromatic nitrogens is 2. The summed E-state index contributed by atoms with van der Waals surface area (Å²) in [6.07, 6.45) is 2.87. The topological polar surface area (TPSA) is 75.3 Å². The van der Waals surface area contributed by atoms with Gasteiger partial charge in [0.25, 0.3) is 0 Å². The third kappa shape index (κ3) is 2.61. The molecule has 1 aliphatic rings. The minimum absolute atomic E-state index is 0.00216. The summed E-state index contributed by atoms with van der Waals surface area (Å²) in [5, 5.41) is 0. The molecule has 1 N–H and O–H groups in total. The zero-order valence-corrected chi connectivity index (χ0v) is 11.8. The molecule has 1 fully saturated rings. The highest BCUT2D eigenvalue weighted by Gasteiger charge is 2.30. The highest BCUT2D eigenvalue weighted by atomic mass is 16.5. The maximum atomic E-state index is 12.1. The summed E-state index contributed by atoms with van der Waals surface area (Å²) in [6, 6.07) is 5.20. The van der Waals surface area contributed by atoms with Crippen LogP contribution in [0.2, 0.25) is 0 Å². The Morgan fingerprint density at radius 3 is 3.19 bits per heavy atom. The van der Waals surface area contributed by atoms with Gasteiger partial charge in [-0.2, -0.15) is 0 Å². The number of likely N-dealkylation sites (N-methyl/N-ethyl adjacent to an activating group) is 1. The third-order valence-corrected chi connectivity index (χ3v) is 3.86. The molecule has 1 unspecified atom stereocenters. The first-order valence-corrected chi connectivity index (χ1v) is 7.08. The molecule has 1 saturated heterocycles. The fraction of sp³-hybridized carbons (Fsp3) is 0.400. The number of H-pyrrole nitrogens is 1. The number of ether oxygens (including phenoxy) is 1. The maximum Gasteiger partial charge on any atom is 0.338 e. The lowest BCUT2D eigenvalue weighted by Gasteiger charge is -2.22. The quantitative estimate of drug-likeness (QED) is 0.869. The van der Waals surface area contributed by atoms with E-state index in [0.717, 1.165) is 17.5 Å². The molecule has 21 heavy (non-hydrogen) atoms. The van der Waals surface area contributed by atoms with E-state index in [0.29, 0.717) is 18.5 Å². The minimum Gasteiger partial charge on any atom is -0.460 e. The summed E-state index contributed by atoms with van der Waals surface area (Å²) < 4.78 is 5.35. The van der Waals surface area contributed by atoms with Crippen molar-refractivity contribution in [3.63, 3.8) is 0 Å². The first kappa shape index (κ1) is 13.6. The molecule has 0 saturated carbocycles. The summed E-state index contributed by atoms with van der Waals surface area (Å²) in [5.74, 6) is -0.237. The summed E-state index contributed by atoms with van der Waals surface area (Å²) in [6.45, 7) is 2.84.